The summed E-state index contributed by atoms with van der Waals surface area (Å²) in [6.45, 7) is 5.17. The normalized spacial score (nSPS) is 19.8. The van der Waals surface area contributed by atoms with Crippen LogP contribution in [0.5, 0.6) is 0 Å². The highest BCUT2D eigenvalue weighted by atomic mass is 19.4. The Balaban J connectivity index is 1.57. The van der Waals surface area contributed by atoms with Crippen molar-refractivity contribution in [1.82, 2.24) is 19.9 Å². The SMILES string of the molecule is Cc1nc(N[C@H](C)c2cc(N)cc(C(F)(F)F)c2)c2cc(C(=O)N(C)C)c(N3CC4CC4C3)nc2n1. The third kappa shape index (κ3) is 4.49. The summed E-state index contributed by atoms with van der Waals surface area (Å²) in [6, 6.07) is 4.65. The van der Waals surface area contributed by atoms with Crippen molar-refractivity contribution in [2.75, 3.05) is 43.1 Å². The molecular formula is C25H28F3N7O. The predicted molar refractivity (Wildman–Crippen MR) is 132 cm³/mol. The van der Waals surface area contributed by atoms with E-state index in [1.807, 2.05) is 0 Å². The maximum Gasteiger partial charge on any atom is 0.416 e. The first-order chi connectivity index (χ1) is 16.9. The molecule has 2 unspecified atom stereocenters. The van der Waals surface area contributed by atoms with Crippen LogP contribution in [0.4, 0.5) is 30.5 Å². The zero-order valence-corrected chi connectivity index (χ0v) is 20.5. The fourth-order valence-corrected chi connectivity index (χ4v) is 4.85. The number of pyridine rings is 1. The molecule has 1 saturated heterocycles. The summed E-state index contributed by atoms with van der Waals surface area (Å²) in [5.74, 6) is 2.55. The van der Waals surface area contributed by atoms with Crippen LogP contribution in [0.15, 0.2) is 24.3 Å². The molecule has 2 aliphatic rings. The number of hydrogen-bond acceptors (Lipinski definition) is 7. The first-order valence-electron chi connectivity index (χ1n) is 11.8. The number of hydrogen-bond donors (Lipinski definition) is 2. The molecule has 3 atom stereocenters. The van der Waals surface area contributed by atoms with Crippen molar-refractivity contribution in [3.63, 3.8) is 0 Å². The molecule has 3 N–H and O–H groups in total. The lowest BCUT2D eigenvalue weighted by molar-refractivity contribution is -0.137. The maximum atomic E-state index is 13.3. The standard InChI is InChI=1S/C25H28F3N7O/c1-12(14-6-17(25(26,27)28)8-18(29)7-14)30-21-19-9-20(24(36)34(3)4)23(33-22(19)32-13(2)31-21)35-10-15-5-16(15)11-35/h6-9,12,15-16H,5,10-11,29H2,1-4H3,(H,30,31,32,33)/t12-,15?,16?/m1/s1. The monoisotopic (exact) mass is 499 g/mol. The van der Waals surface area contributed by atoms with Gasteiger partial charge >= 0.3 is 6.18 Å². The van der Waals surface area contributed by atoms with Gasteiger partial charge in [-0.1, -0.05) is 0 Å². The van der Waals surface area contributed by atoms with Crippen molar-refractivity contribution < 1.29 is 18.0 Å². The van der Waals surface area contributed by atoms with E-state index in [4.69, 9.17) is 10.7 Å². The number of nitrogen functional groups attached to an aromatic ring is 1. The van der Waals surface area contributed by atoms with Gasteiger partial charge in [0.05, 0.1) is 22.6 Å². The topological polar surface area (TPSA) is 100 Å². The molecule has 3 heterocycles. The Morgan fingerprint density at radius 2 is 1.83 bits per heavy atom. The van der Waals surface area contributed by atoms with E-state index < -0.39 is 17.8 Å². The van der Waals surface area contributed by atoms with Crippen LogP contribution in [0.2, 0.25) is 0 Å². The van der Waals surface area contributed by atoms with Gasteiger partial charge in [0.15, 0.2) is 5.65 Å². The molecule has 1 saturated carbocycles. The minimum absolute atomic E-state index is 0.0195. The number of alkyl halides is 3. The Morgan fingerprint density at radius 3 is 2.47 bits per heavy atom. The summed E-state index contributed by atoms with van der Waals surface area (Å²) in [6.07, 6.45) is -3.30. The van der Waals surface area contributed by atoms with Crippen molar-refractivity contribution >= 4 is 34.3 Å². The molecule has 2 fully saturated rings. The number of benzene rings is 1. The van der Waals surface area contributed by atoms with Crippen LogP contribution in [0.1, 0.15) is 46.7 Å². The average molecular weight is 500 g/mol. The molecule has 5 rings (SSSR count). The Hall–Kier alpha value is -3.63. The van der Waals surface area contributed by atoms with Crippen molar-refractivity contribution in [2.24, 2.45) is 11.8 Å². The van der Waals surface area contributed by atoms with Crippen LogP contribution in [0.3, 0.4) is 0 Å². The number of carbonyl (C=O) groups is 1. The number of nitrogens with one attached hydrogen (secondary N) is 1. The number of piperidine rings is 1. The van der Waals surface area contributed by atoms with E-state index in [1.165, 1.54) is 17.4 Å². The molecule has 0 radical (unpaired) electrons. The van der Waals surface area contributed by atoms with E-state index in [0.29, 0.717) is 51.5 Å². The lowest BCUT2D eigenvalue weighted by Gasteiger charge is -2.24. The average Bonchev–Trinajstić information content (AvgIpc) is 3.41. The highest BCUT2D eigenvalue weighted by molar-refractivity contribution is 6.03. The van der Waals surface area contributed by atoms with Gasteiger partial charge in [-0.25, -0.2) is 15.0 Å². The molecule has 1 aliphatic heterocycles. The number of carbonyl (C=O) groups excluding carboxylic acids is 1. The Labute approximate surface area is 206 Å². The van der Waals surface area contributed by atoms with Crippen molar-refractivity contribution in [2.45, 2.75) is 32.5 Å². The number of rotatable bonds is 5. The molecule has 1 aliphatic carbocycles. The lowest BCUT2D eigenvalue weighted by Crippen LogP contribution is -2.29. The summed E-state index contributed by atoms with van der Waals surface area (Å²) in [5.41, 5.74) is 6.19. The van der Waals surface area contributed by atoms with E-state index in [1.54, 1.807) is 34.0 Å². The number of nitrogens with zero attached hydrogens (tertiary/aromatic N) is 5. The first-order valence-corrected chi connectivity index (χ1v) is 11.8. The number of aromatic nitrogens is 3. The molecule has 11 heteroatoms. The summed E-state index contributed by atoms with van der Waals surface area (Å²) in [5, 5.41) is 3.71. The quantitative estimate of drug-likeness (QED) is 0.506. The van der Waals surface area contributed by atoms with Gasteiger partial charge in [0.25, 0.3) is 5.91 Å². The minimum atomic E-state index is -4.51. The zero-order valence-electron chi connectivity index (χ0n) is 20.5. The Bertz CT molecular complexity index is 1350. The van der Waals surface area contributed by atoms with Gasteiger partial charge in [-0.15, -0.1) is 0 Å². The van der Waals surface area contributed by atoms with Gasteiger partial charge < -0.3 is 20.9 Å². The lowest BCUT2D eigenvalue weighted by atomic mass is 10.0. The summed E-state index contributed by atoms with van der Waals surface area (Å²) in [7, 11) is 3.37. The maximum absolute atomic E-state index is 13.3. The molecule has 36 heavy (non-hydrogen) atoms. The molecule has 3 aromatic rings. The fraction of sp³-hybridized carbons (Fsp3) is 0.440. The van der Waals surface area contributed by atoms with Gasteiger partial charge in [0.1, 0.15) is 17.5 Å². The van der Waals surface area contributed by atoms with E-state index in [0.717, 1.165) is 25.2 Å². The molecule has 1 amide bonds. The predicted octanol–water partition coefficient (Wildman–Crippen LogP) is 4.27. The van der Waals surface area contributed by atoms with E-state index >= 15 is 0 Å². The highest BCUT2D eigenvalue weighted by Crippen LogP contribution is 2.47. The summed E-state index contributed by atoms with van der Waals surface area (Å²) >= 11 is 0. The number of fused-ring (bicyclic) bond motifs is 2. The van der Waals surface area contributed by atoms with Gasteiger partial charge in [0.2, 0.25) is 0 Å². The smallest absolute Gasteiger partial charge is 0.399 e. The third-order valence-corrected chi connectivity index (χ3v) is 6.85. The fourth-order valence-electron chi connectivity index (χ4n) is 4.85. The highest BCUT2D eigenvalue weighted by Gasteiger charge is 2.46. The minimum Gasteiger partial charge on any atom is -0.399 e. The molecule has 8 nitrogen and oxygen atoms in total. The summed E-state index contributed by atoms with van der Waals surface area (Å²) < 4.78 is 40.0. The van der Waals surface area contributed by atoms with Gasteiger partial charge in [-0.2, -0.15) is 13.2 Å². The molecule has 1 aromatic carbocycles. The van der Waals surface area contributed by atoms with Crippen molar-refractivity contribution in [3.05, 3.63) is 46.8 Å². The Kier molecular flexibility index (Phi) is 5.68. The molecule has 2 aromatic heterocycles. The van der Waals surface area contributed by atoms with Crippen LogP contribution < -0.4 is 16.0 Å². The van der Waals surface area contributed by atoms with E-state index in [-0.39, 0.29) is 11.6 Å². The molecule has 0 spiro atoms. The Morgan fingerprint density at radius 1 is 1.14 bits per heavy atom. The van der Waals surface area contributed by atoms with Crippen LogP contribution in [0, 0.1) is 18.8 Å². The van der Waals surface area contributed by atoms with Crippen LogP contribution in [-0.2, 0) is 6.18 Å². The van der Waals surface area contributed by atoms with Crippen molar-refractivity contribution in [1.29, 1.82) is 0 Å². The first kappa shape index (κ1) is 24.1. The van der Waals surface area contributed by atoms with Crippen LogP contribution in [-0.4, -0.2) is 52.9 Å². The number of nitrogens with two attached hydrogens (primary N) is 1. The van der Waals surface area contributed by atoms with Crippen LogP contribution in [0.25, 0.3) is 11.0 Å². The van der Waals surface area contributed by atoms with Crippen LogP contribution >= 0.6 is 0 Å². The van der Waals surface area contributed by atoms with Crippen molar-refractivity contribution in [3.8, 4) is 0 Å². The number of halogens is 3. The number of aryl methyl sites for hydroxylation is 1. The van der Waals surface area contributed by atoms with Gasteiger partial charge in [-0.05, 0) is 61.9 Å². The second-order valence-electron chi connectivity index (χ2n) is 9.96. The molecule has 190 valence electrons. The van der Waals surface area contributed by atoms with E-state index in [9.17, 15) is 18.0 Å². The zero-order chi connectivity index (χ0) is 25.9. The molecule has 0 bridgehead atoms. The third-order valence-electron chi connectivity index (χ3n) is 6.85. The van der Waals surface area contributed by atoms with Gasteiger partial charge in [0, 0.05) is 32.9 Å². The second kappa shape index (κ2) is 8.49. The number of amides is 1. The summed E-state index contributed by atoms with van der Waals surface area (Å²) in [4.78, 5) is 30.6. The second-order valence-corrected chi connectivity index (χ2v) is 9.96. The van der Waals surface area contributed by atoms with Gasteiger partial charge in [-0.3, -0.25) is 4.79 Å². The number of anilines is 3. The molecular weight excluding hydrogens is 471 g/mol. The largest absolute Gasteiger partial charge is 0.416 e. The van der Waals surface area contributed by atoms with E-state index in [2.05, 4.69) is 20.2 Å².